The SMILES string of the molecule is CS(=O)(=O)NCCNCCSc1ccccc1. The van der Waals surface area contributed by atoms with Gasteiger partial charge in [0.25, 0.3) is 0 Å². The molecule has 4 nitrogen and oxygen atoms in total. The molecule has 1 rings (SSSR count). The molecule has 0 amide bonds. The van der Waals surface area contributed by atoms with E-state index < -0.39 is 10.0 Å². The Morgan fingerprint density at radius 1 is 1.12 bits per heavy atom. The fourth-order valence-electron chi connectivity index (χ4n) is 1.21. The minimum absolute atomic E-state index is 0.439. The summed E-state index contributed by atoms with van der Waals surface area (Å²) in [6, 6.07) is 10.2. The molecule has 0 atom stereocenters. The summed E-state index contributed by atoms with van der Waals surface area (Å²) in [7, 11) is -3.06. The molecule has 1 aromatic carbocycles. The third-order valence-corrected chi connectivity index (χ3v) is 3.70. The highest BCUT2D eigenvalue weighted by Gasteiger charge is 1.98. The molecule has 0 saturated heterocycles. The lowest BCUT2D eigenvalue weighted by Gasteiger charge is -2.05. The van der Waals surface area contributed by atoms with E-state index in [0.717, 1.165) is 18.6 Å². The van der Waals surface area contributed by atoms with Gasteiger partial charge in [0.05, 0.1) is 6.26 Å². The number of nitrogens with one attached hydrogen (secondary N) is 2. The molecule has 0 bridgehead atoms. The zero-order valence-corrected chi connectivity index (χ0v) is 11.5. The Balaban J connectivity index is 1.99. The van der Waals surface area contributed by atoms with Gasteiger partial charge in [0, 0.05) is 30.3 Å². The van der Waals surface area contributed by atoms with Gasteiger partial charge in [-0.1, -0.05) is 18.2 Å². The van der Waals surface area contributed by atoms with E-state index in [1.165, 1.54) is 4.90 Å². The van der Waals surface area contributed by atoms with Gasteiger partial charge in [-0.25, -0.2) is 13.1 Å². The normalized spacial score (nSPS) is 11.6. The minimum atomic E-state index is -3.06. The van der Waals surface area contributed by atoms with Crippen LogP contribution >= 0.6 is 11.8 Å². The van der Waals surface area contributed by atoms with Crippen molar-refractivity contribution in [3.63, 3.8) is 0 Å². The molecule has 0 unspecified atom stereocenters. The monoisotopic (exact) mass is 274 g/mol. The average molecular weight is 274 g/mol. The molecular weight excluding hydrogens is 256 g/mol. The van der Waals surface area contributed by atoms with Crippen LogP contribution < -0.4 is 10.0 Å². The van der Waals surface area contributed by atoms with Crippen molar-refractivity contribution < 1.29 is 8.42 Å². The Hall–Kier alpha value is -0.560. The van der Waals surface area contributed by atoms with E-state index in [-0.39, 0.29) is 0 Å². The maximum atomic E-state index is 10.8. The number of sulfonamides is 1. The summed E-state index contributed by atoms with van der Waals surface area (Å²) in [5.41, 5.74) is 0. The molecular formula is C11H18N2O2S2. The summed E-state index contributed by atoms with van der Waals surface area (Å²) < 4.78 is 24.0. The van der Waals surface area contributed by atoms with Crippen LogP contribution in [0.5, 0.6) is 0 Å². The lowest BCUT2D eigenvalue weighted by Crippen LogP contribution is -2.31. The van der Waals surface area contributed by atoms with Crippen LogP contribution in [0.1, 0.15) is 0 Å². The molecule has 0 aliphatic rings. The van der Waals surface area contributed by atoms with Crippen molar-refractivity contribution in [1.29, 1.82) is 0 Å². The van der Waals surface area contributed by atoms with E-state index in [0.29, 0.717) is 13.1 Å². The third-order valence-electron chi connectivity index (χ3n) is 1.96. The molecule has 0 radical (unpaired) electrons. The molecule has 0 aromatic heterocycles. The Morgan fingerprint density at radius 3 is 2.47 bits per heavy atom. The first-order valence-electron chi connectivity index (χ1n) is 5.41. The predicted octanol–water partition coefficient (Wildman–Crippen LogP) is 0.917. The smallest absolute Gasteiger partial charge is 0.208 e. The standard InChI is InChI=1S/C11H18N2O2S2/c1-17(14,15)13-8-7-12-9-10-16-11-5-3-2-4-6-11/h2-6,12-13H,7-10H2,1H3. The number of thioether (sulfide) groups is 1. The quantitative estimate of drug-likeness (QED) is 0.547. The molecule has 0 aliphatic carbocycles. The number of hydrogen-bond donors (Lipinski definition) is 2. The maximum absolute atomic E-state index is 10.8. The predicted molar refractivity (Wildman–Crippen MR) is 72.9 cm³/mol. The van der Waals surface area contributed by atoms with Crippen LogP contribution in [0.25, 0.3) is 0 Å². The maximum Gasteiger partial charge on any atom is 0.208 e. The second-order valence-electron chi connectivity index (χ2n) is 3.58. The summed E-state index contributed by atoms with van der Waals surface area (Å²) in [4.78, 5) is 1.25. The van der Waals surface area contributed by atoms with Gasteiger partial charge in [-0.15, -0.1) is 11.8 Å². The van der Waals surface area contributed by atoms with Gasteiger partial charge in [-0.05, 0) is 12.1 Å². The van der Waals surface area contributed by atoms with E-state index in [1.54, 1.807) is 11.8 Å². The highest BCUT2D eigenvalue weighted by atomic mass is 32.2. The summed E-state index contributed by atoms with van der Waals surface area (Å²) in [5.74, 6) is 0.975. The van der Waals surface area contributed by atoms with Crippen molar-refractivity contribution in [3.05, 3.63) is 30.3 Å². The van der Waals surface area contributed by atoms with Crippen LogP contribution in [0.15, 0.2) is 35.2 Å². The van der Waals surface area contributed by atoms with Crippen LogP contribution in [0.4, 0.5) is 0 Å². The first kappa shape index (κ1) is 14.5. The van der Waals surface area contributed by atoms with Crippen molar-refractivity contribution in [2.45, 2.75) is 4.90 Å². The highest BCUT2D eigenvalue weighted by molar-refractivity contribution is 7.99. The zero-order valence-electron chi connectivity index (χ0n) is 9.85. The van der Waals surface area contributed by atoms with Crippen molar-refractivity contribution in [3.8, 4) is 0 Å². The number of benzene rings is 1. The van der Waals surface area contributed by atoms with E-state index in [4.69, 9.17) is 0 Å². The van der Waals surface area contributed by atoms with Gasteiger partial charge in [0.1, 0.15) is 0 Å². The molecule has 0 fully saturated rings. The van der Waals surface area contributed by atoms with Gasteiger partial charge < -0.3 is 5.32 Å². The second kappa shape index (κ2) is 7.71. The summed E-state index contributed by atoms with van der Waals surface area (Å²) in [6.07, 6.45) is 1.16. The number of rotatable bonds is 8. The molecule has 2 N–H and O–H groups in total. The molecule has 0 aliphatic heterocycles. The van der Waals surface area contributed by atoms with Crippen LogP contribution in [0.3, 0.4) is 0 Å². The molecule has 17 heavy (non-hydrogen) atoms. The molecule has 6 heteroatoms. The van der Waals surface area contributed by atoms with Gasteiger partial charge in [-0.3, -0.25) is 0 Å². The van der Waals surface area contributed by atoms with Crippen molar-refractivity contribution >= 4 is 21.8 Å². The van der Waals surface area contributed by atoms with E-state index in [9.17, 15) is 8.42 Å². The topological polar surface area (TPSA) is 58.2 Å². The van der Waals surface area contributed by atoms with Crippen molar-refractivity contribution in [2.24, 2.45) is 0 Å². The largest absolute Gasteiger partial charge is 0.315 e. The van der Waals surface area contributed by atoms with Gasteiger partial charge >= 0.3 is 0 Å². The number of hydrogen-bond acceptors (Lipinski definition) is 4. The zero-order chi connectivity index (χ0) is 12.6. The lowest BCUT2D eigenvalue weighted by molar-refractivity contribution is 0.583. The Kier molecular flexibility index (Phi) is 6.57. The molecule has 1 aromatic rings. The van der Waals surface area contributed by atoms with Crippen LogP contribution in [0.2, 0.25) is 0 Å². The molecule has 0 saturated carbocycles. The van der Waals surface area contributed by atoms with Crippen molar-refractivity contribution in [1.82, 2.24) is 10.0 Å². The summed E-state index contributed by atoms with van der Waals surface area (Å²) in [5, 5.41) is 3.18. The Bertz CT molecular complexity index is 407. The molecule has 0 heterocycles. The minimum Gasteiger partial charge on any atom is -0.315 e. The summed E-state index contributed by atoms with van der Waals surface area (Å²) >= 11 is 1.78. The fourth-order valence-corrected chi connectivity index (χ4v) is 2.51. The molecule has 96 valence electrons. The third kappa shape index (κ3) is 8.20. The van der Waals surface area contributed by atoms with E-state index in [1.807, 2.05) is 18.2 Å². The Morgan fingerprint density at radius 2 is 1.82 bits per heavy atom. The second-order valence-corrected chi connectivity index (χ2v) is 6.58. The van der Waals surface area contributed by atoms with E-state index in [2.05, 4.69) is 22.2 Å². The highest BCUT2D eigenvalue weighted by Crippen LogP contribution is 2.15. The van der Waals surface area contributed by atoms with Gasteiger partial charge in [0.2, 0.25) is 10.0 Å². The van der Waals surface area contributed by atoms with E-state index >= 15 is 0 Å². The lowest BCUT2D eigenvalue weighted by atomic mass is 10.4. The average Bonchev–Trinajstić information content (AvgIpc) is 2.28. The van der Waals surface area contributed by atoms with Crippen LogP contribution in [-0.4, -0.2) is 40.1 Å². The van der Waals surface area contributed by atoms with Gasteiger partial charge in [0.15, 0.2) is 0 Å². The first-order chi connectivity index (χ1) is 8.08. The van der Waals surface area contributed by atoms with Gasteiger partial charge in [-0.2, -0.15) is 0 Å². The fraction of sp³-hybridized carbons (Fsp3) is 0.455. The van der Waals surface area contributed by atoms with Crippen LogP contribution in [-0.2, 0) is 10.0 Å². The summed E-state index contributed by atoms with van der Waals surface area (Å²) in [6.45, 7) is 1.96. The van der Waals surface area contributed by atoms with Crippen molar-refractivity contribution in [2.75, 3.05) is 31.6 Å². The Labute approximate surface area is 107 Å². The van der Waals surface area contributed by atoms with Crippen LogP contribution in [0, 0.1) is 0 Å². The molecule has 0 spiro atoms. The first-order valence-corrected chi connectivity index (χ1v) is 8.29.